The molecule has 1 aromatic rings. The van der Waals surface area contributed by atoms with Gasteiger partial charge in [-0.25, -0.2) is 0 Å². The van der Waals surface area contributed by atoms with E-state index >= 15 is 0 Å². The van der Waals surface area contributed by atoms with Crippen molar-refractivity contribution in [1.82, 2.24) is 15.1 Å². The van der Waals surface area contributed by atoms with E-state index in [9.17, 15) is 0 Å². The van der Waals surface area contributed by atoms with Gasteiger partial charge in [0.05, 0.1) is 6.20 Å². The first kappa shape index (κ1) is 10.7. The molecule has 1 heterocycles. The molecule has 0 spiro atoms. The van der Waals surface area contributed by atoms with Crippen LogP contribution in [0.2, 0.25) is 0 Å². The van der Waals surface area contributed by atoms with Gasteiger partial charge in [-0.1, -0.05) is 15.9 Å². The molecule has 1 atom stereocenters. The van der Waals surface area contributed by atoms with Crippen LogP contribution < -0.4 is 5.32 Å². The summed E-state index contributed by atoms with van der Waals surface area (Å²) in [5, 5.41) is 8.52. The molecular formula is C9H16BrN3. The average molecular weight is 246 g/mol. The third kappa shape index (κ3) is 3.91. The van der Waals surface area contributed by atoms with E-state index in [0.29, 0.717) is 6.04 Å². The highest BCUT2D eigenvalue weighted by Crippen LogP contribution is 1.97. The van der Waals surface area contributed by atoms with Gasteiger partial charge in [0.25, 0.3) is 0 Å². The fourth-order valence-corrected chi connectivity index (χ4v) is 1.35. The van der Waals surface area contributed by atoms with E-state index in [1.165, 1.54) is 5.56 Å². The SMILES string of the molecule is CC(CBr)NCCc1cnn(C)c1. The lowest BCUT2D eigenvalue weighted by Gasteiger charge is -2.08. The molecule has 0 saturated carbocycles. The fourth-order valence-electron chi connectivity index (χ4n) is 1.12. The standard InChI is InChI=1S/C9H16BrN3/c1-8(5-10)11-4-3-9-6-12-13(2)7-9/h6-8,11H,3-5H2,1-2H3. The first-order valence-electron chi connectivity index (χ1n) is 4.49. The summed E-state index contributed by atoms with van der Waals surface area (Å²) >= 11 is 3.43. The van der Waals surface area contributed by atoms with Crippen LogP contribution in [0.15, 0.2) is 12.4 Å². The summed E-state index contributed by atoms with van der Waals surface area (Å²) in [6.07, 6.45) is 5.02. The van der Waals surface area contributed by atoms with Crippen molar-refractivity contribution in [2.75, 3.05) is 11.9 Å². The molecule has 1 aromatic heterocycles. The van der Waals surface area contributed by atoms with E-state index in [0.717, 1.165) is 18.3 Å². The van der Waals surface area contributed by atoms with Crippen LogP contribution >= 0.6 is 15.9 Å². The highest BCUT2D eigenvalue weighted by molar-refractivity contribution is 9.09. The Hall–Kier alpha value is -0.350. The molecule has 0 aliphatic rings. The number of nitrogens with one attached hydrogen (secondary N) is 1. The third-order valence-corrected chi connectivity index (χ3v) is 2.87. The van der Waals surface area contributed by atoms with E-state index in [2.05, 4.69) is 39.5 Å². The van der Waals surface area contributed by atoms with Crippen LogP contribution in [-0.2, 0) is 13.5 Å². The van der Waals surface area contributed by atoms with Crippen molar-refractivity contribution in [3.8, 4) is 0 Å². The van der Waals surface area contributed by atoms with Gasteiger partial charge < -0.3 is 5.32 Å². The molecule has 1 rings (SSSR count). The van der Waals surface area contributed by atoms with Crippen molar-refractivity contribution >= 4 is 15.9 Å². The maximum Gasteiger partial charge on any atom is 0.0522 e. The number of rotatable bonds is 5. The summed E-state index contributed by atoms with van der Waals surface area (Å²) in [5.41, 5.74) is 1.29. The van der Waals surface area contributed by atoms with Crippen LogP contribution in [0.25, 0.3) is 0 Å². The topological polar surface area (TPSA) is 29.9 Å². The molecule has 0 radical (unpaired) electrons. The summed E-state index contributed by atoms with van der Waals surface area (Å²) in [6, 6.07) is 0.539. The van der Waals surface area contributed by atoms with Crippen LogP contribution in [0, 0.1) is 0 Å². The minimum absolute atomic E-state index is 0.539. The Bertz CT molecular complexity index is 247. The Labute approximate surface area is 87.6 Å². The molecule has 74 valence electrons. The summed E-state index contributed by atoms with van der Waals surface area (Å²) < 4.78 is 1.84. The maximum atomic E-state index is 4.11. The summed E-state index contributed by atoms with van der Waals surface area (Å²) in [4.78, 5) is 0. The van der Waals surface area contributed by atoms with Gasteiger partial charge in [-0.05, 0) is 25.5 Å². The van der Waals surface area contributed by atoms with E-state index in [-0.39, 0.29) is 0 Å². The zero-order chi connectivity index (χ0) is 9.68. The quantitative estimate of drug-likeness (QED) is 0.794. The number of hydrogen-bond acceptors (Lipinski definition) is 2. The number of nitrogens with zero attached hydrogens (tertiary/aromatic N) is 2. The molecule has 1 unspecified atom stereocenters. The van der Waals surface area contributed by atoms with Crippen molar-refractivity contribution in [2.24, 2.45) is 7.05 Å². The third-order valence-electron chi connectivity index (χ3n) is 1.90. The second kappa shape index (κ2) is 5.40. The van der Waals surface area contributed by atoms with Gasteiger partial charge in [-0.2, -0.15) is 5.10 Å². The molecule has 1 N–H and O–H groups in total. The Kier molecular flexibility index (Phi) is 4.45. The van der Waals surface area contributed by atoms with E-state index in [1.54, 1.807) is 0 Å². The van der Waals surface area contributed by atoms with Crippen LogP contribution in [-0.4, -0.2) is 27.7 Å². The minimum atomic E-state index is 0.539. The Balaban J connectivity index is 2.20. The lowest BCUT2D eigenvalue weighted by molar-refractivity contribution is 0.599. The maximum absolute atomic E-state index is 4.11. The van der Waals surface area contributed by atoms with Crippen LogP contribution in [0.5, 0.6) is 0 Å². The Morgan fingerprint density at radius 3 is 3.00 bits per heavy atom. The average Bonchev–Trinajstić information content (AvgIpc) is 2.51. The summed E-state index contributed by atoms with van der Waals surface area (Å²) in [6.45, 7) is 3.18. The van der Waals surface area contributed by atoms with Crippen molar-refractivity contribution in [1.29, 1.82) is 0 Å². The molecule has 3 nitrogen and oxygen atoms in total. The van der Waals surface area contributed by atoms with Crippen molar-refractivity contribution < 1.29 is 0 Å². The van der Waals surface area contributed by atoms with Gasteiger partial charge in [0.2, 0.25) is 0 Å². The van der Waals surface area contributed by atoms with E-state index in [1.807, 2.05) is 17.9 Å². The predicted octanol–water partition coefficient (Wildman–Crippen LogP) is 1.34. The molecular weight excluding hydrogens is 230 g/mol. The first-order valence-corrected chi connectivity index (χ1v) is 5.61. The number of aromatic nitrogens is 2. The smallest absolute Gasteiger partial charge is 0.0522 e. The Morgan fingerprint density at radius 1 is 1.69 bits per heavy atom. The highest BCUT2D eigenvalue weighted by atomic mass is 79.9. The molecule has 13 heavy (non-hydrogen) atoms. The van der Waals surface area contributed by atoms with Crippen molar-refractivity contribution in [3.05, 3.63) is 18.0 Å². The molecule has 0 saturated heterocycles. The number of aryl methyl sites for hydroxylation is 1. The summed E-state index contributed by atoms with van der Waals surface area (Å²) in [7, 11) is 1.94. The summed E-state index contributed by atoms with van der Waals surface area (Å²) in [5.74, 6) is 0. The second-order valence-electron chi connectivity index (χ2n) is 3.28. The zero-order valence-corrected chi connectivity index (χ0v) is 9.71. The molecule has 0 aromatic carbocycles. The van der Waals surface area contributed by atoms with Crippen LogP contribution in [0.4, 0.5) is 0 Å². The largest absolute Gasteiger partial charge is 0.313 e. The number of alkyl halides is 1. The van der Waals surface area contributed by atoms with Gasteiger partial charge in [0, 0.05) is 24.6 Å². The van der Waals surface area contributed by atoms with Gasteiger partial charge in [-0.15, -0.1) is 0 Å². The van der Waals surface area contributed by atoms with Crippen molar-refractivity contribution in [3.63, 3.8) is 0 Å². The van der Waals surface area contributed by atoms with E-state index < -0.39 is 0 Å². The van der Waals surface area contributed by atoms with Gasteiger partial charge in [0.1, 0.15) is 0 Å². The lowest BCUT2D eigenvalue weighted by atomic mass is 10.2. The number of halogens is 1. The monoisotopic (exact) mass is 245 g/mol. The van der Waals surface area contributed by atoms with Gasteiger partial charge in [0.15, 0.2) is 0 Å². The van der Waals surface area contributed by atoms with Gasteiger partial charge in [-0.3, -0.25) is 4.68 Å². The second-order valence-corrected chi connectivity index (χ2v) is 3.93. The highest BCUT2D eigenvalue weighted by Gasteiger charge is 1.99. The molecule has 0 fully saturated rings. The minimum Gasteiger partial charge on any atom is -0.313 e. The molecule has 4 heteroatoms. The fraction of sp³-hybridized carbons (Fsp3) is 0.667. The molecule has 0 aliphatic heterocycles. The Morgan fingerprint density at radius 2 is 2.46 bits per heavy atom. The predicted molar refractivity (Wildman–Crippen MR) is 58.2 cm³/mol. The lowest BCUT2D eigenvalue weighted by Crippen LogP contribution is -2.29. The zero-order valence-electron chi connectivity index (χ0n) is 8.13. The van der Waals surface area contributed by atoms with E-state index in [4.69, 9.17) is 0 Å². The van der Waals surface area contributed by atoms with Crippen LogP contribution in [0.1, 0.15) is 12.5 Å². The molecule has 0 aliphatic carbocycles. The van der Waals surface area contributed by atoms with Crippen LogP contribution in [0.3, 0.4) is 0 Å². The number of hydrogen-bond donors (Lipinski definition) is 1. The van der Waals surface area contributed by atoms with Crippen molar-refractivity contribution in [2.45, 2.75) is 19.4 Å². The molecule has 0 amide bonds. The normalized spacial score (nSPS) is 13.2. The first-order chi connectivity index (χ1) is 6.22. The van der Waals surface area contributed by atoms with Gasteiger partial charge >= 0.3 is 0 Å². The molecule has 0 bridgehead atoms.